The first-order chi connectivity index (χ1) is 29.3. The van der Waals surface area contributed by atoms with E-state index in [-0.39, 0.29) is 6.71 Å². The van der Waals surface area contributed by atoms with Gasteiger partial charge < -0.3 is 18.6 Å². The van der Waals surface area contributed by atoms with Crippen LogP contribution < -0.4 is 26.2 Å². The zero-order valence-electron chi connectivity index (χ0n) is 31.8. The van der Waals surface area contributed by atoms with Crippen LogP contribution in [-0.2, 0) is 0 Å². The molecule has 0 bridgehead atoms. The third kappa shape index (κ3) is 3.56. The minimum atomic E-state index is -0.0243. The second kappa shape index (κ2) is 10.6. The lowest BCUT2D eigenvalue weighted by molar-refractivity contribution is 1.25. The number of nitrogens with zero attached hydrogens (tertiary/aromatic N) is 4. The van der Waals surface area contributed by atoms with Gasteiger partial charge in [0.15, 0.2) is 0 Å². The molecule has 4 nitrogen and oxygen atoms in total. The highest BCUT2D eigenvalue weighted by Gasteiger charge is 2.45. The number of benzene rings is 9. The van der Waals surface area contributed by atoms with E-state index in [1.807, 2.05) is 0 Å². The summed E-state index contributed by atoms with van der Waals surface area (Å²) < 4.78 is 5.10. The number of hydrogen-bond acceptors (Lipinski definition) is 2. The summed E-state index contributed by atoms with van der Waals surface area (Å²) >= 11 is 0. The van der Waals surface area contributed by atoms with Crippen molar-refractivity contribution in [3.05, 3.63) is 188 Å². The smallest absolute Gasteiger partial charge is 0.252 e. The molecule has 270 valence electrons. The van der Waals surface area contributed by atoms with Crippen molar-refractivity contribution in [2.75, 3.05) is 9.80 Å². The summed E-state index contributed by atoms with van der Waals surface area (Å²) in [5.74, 6) is 0. The molecule has 2 aliphatic rings. The van der Waals surface area contributed by atoms with Gasteiger partial charge in [0.25, 0.3) is 6.71 Å². The van der Waals surface area contributed by atoms with Crippen molar-refractivity contribution in [3.63, 3.8) is 0 Å². The molecule has 0 saturated heterocycles. The van der Waals surface area contributed by atoms with E-state index < -0.39 is 0 Å². The van der Waals surface area contributed by atoms with E-state index in [4.69, 9.17) is 0 Å². The van der Waals surface area contributed by atoms with Crippen LogP contribution in [0, 0.1) is 0 Å². The van der Waals surface area contributed by atoms with E-state index in [1.165, 1.54) is 115 Å². The van der Waals surface area contributed by atoms with Crippen molar-refractivity contribution in [2.45, 2.75) is 0 Å². The summed E-state index contributed by atoms with van der Waals surface area (Å²) in [6, 6.07) is 70.4. The Morgan fingerprint density at radius 1 is 0.305 bits per heavy atom. The molecule has 0 amide bonds. The fourth-order valence-corrected chi connectivity index (χ4v) is 11.5. The molecule has 0 radical (unpaired) electrons. The monoisotopic (exact) mass is 746 g/mol. The Balaban J connectivity index is 1.15. The van der Waals surface area contributed by atoms with E-state index in [0.717, 1.165) is 11.4 Å². The highest BCUT2D eigenvalue weighted by Crippen LogP contribution is 2.50. The summed E-state index contributed by atoms with van der Waals surface area (Å²) in [4.78, 5) is 5.09. The molecule has 13 aromatic rings. The highest BCUT2D eigenvalue weighted by molar-refractivity contribution is 7.00. The Bertz CT molecular complexity index is 3910. The Morgan fingerprint density at radius 3 is 1.51 bits per heavy atom. The minimum absolute atomic E-state index is 0.0243. The number of para-hydroxylation sites is 6. The van der Waals surface area contributed by atoms with Gasteiger partial charge in [-0.2, -0.15) is 0 Å². The number of anilines is 6. The van der Waals surface area contributed by atoms with Gasteiger partial charge in [-0.05, 0) is 77.1 Å². The Hall–Kier alpha value is -7.76. The van der Waals surface area contributed by atoms with Crippen molar-refractivity contribution in [1.82, 2.24) is 8.80 Å². The molecular weight excluding hydrogens is 715 g/mol. The molecule has 0 N–H and O–H groups in total. The summed E-state index contributed by atoms with van der Waals surface area (Å²) in [7, 11) is 0. The number of hydrogen-bond donors (Lipinski definition) is 0. The van der Waals surface area contributed by atoms with Gasteiger partial charge in [0.05, 0.1) is 38.8 Å². The van der Waals surface area contributed by atoms with Gasteiger partial charge in [-0.15, -0.1) is 0 Å². The van der Waals surface area contributed by atoms with Crippen LogP contribution in [0.2, 0.25) is 0 Å². The average Bonchev–Trinajstić information content (AvgIpc) is 4.03. The zero-order valence-corrected chi connectivity index (χ0v) is 31.8. The molecule has 2 aliphatic heterocycles. The maximum Gasteiger partial charge on any atom is 0.252 e. The summed E-state index contributed by atoms with van der Waals surface area (Å²) in [5, 5.41) is 10.3. The lowest BCUT2D eigenvalue weighted by atomic mass is 9.33. The van der Waals surface area contributed by atoms with Gasteiger partial charge in [-0.3, -0.25) is 0 Å². The normalized spacial score (nSPS) is 13.7. The molecular formula is C54H31BN4. The molecule has 0 atom stereocenters. The van der Waals surface area contributed by atoms with Crippen LogP contribution in [0.25, 0.3) is 76.2 Å². The molecule has 0 unspecified atom stereocenters. The molecule has 15 rings (SSSR count). The fraction of sp³-hybridized carbons (Fsp3) is 0. The number of aromatic nitrogens is 2. The first-order valence-electron chi connectivity index (χ1n) is 20.6. The average molecular weight is 747 g/mol. The quantitative estimate of drug-likeness (QED) is 0.164. The molecule has 5 heteroatoms. The first kappa shape index (κ1) is 30.4. The maximum absolute atomic E-state index is 2.57. The van der Waals surface area contributed by atoms with Crippen LogP contribution in [0.15, 0.2) is 188 Å². The fourth-order valence-electron chi connectivity index (χ4n) is 11.5. The topological polar surface area (TPSA) is 15.3 Å². The molecule has 0 fully saturated rings. The van der Waals surface area contributed by atoms with Crippen molar-refractivity contribution < 1.29 is 0 Å². The Kier molecular flexibility index (Phi) is 5.46. The summed E-state index contributed by atoms with van der Waals surface area (Å²) in [6.07, 6.45) is 0. The van der Waals surface area contributed by atoms with Crippen molar-refractivity contribution in [1.29, 1.82) is 0 Å². The standard InChI is InChI=1S/C54H31BN4/c1-3-14-32(15-4-1)56-46-26-13-27-47-50(46)55(43-31-48-41(30-49(43)56)39-23-12-20-36-34-18-7-9-24-44(34)58(48)51(36)39)42-29-28-40-38-22-11-21-37-35-19-8-10-25-45(35)59(52(37)38)53(40)54(42)57(47)33-16-5-2-6-17-33/h1-31H. The van der Waals surface area contributed by atoms with Crippen LogP contribution in [0.3, 0.4) is 0 Å². The van der Waals surface area contributed by atoms with Crippen LogP contribution >= 0.6 is 0 Å². The molecule has 9 aromatic carbocycles. The van der Waals surface area contributed by atoms with Gasteiger partial charge in [0.1, 0.15) is 0 Å². The Morgan fingerprint density at radius 2 is 0.814 bits per heavy atom. The molecule has 6 heterocycles. The highest BCUT2D eigenvalue weighted by atomic mass is 15.2. The number of fused-ring (bicyclic) bond motifs is 17. The zero-order chi connectivity index (χ0) is 38.1. The molecule has 0 saturated carbocycles. The van der Waals surface area contributed by atoms with E-state index in [2.05, 4.69) is 207 Å². The molecule has 0 spiro atoms. The van der Waals surface area contributed by atoms with Crippen molar-refractivity contribution >= 4 is 133 Å². The van der Waals surface area contributed by atoms with E-state index >= 15 is 0 Å². The second-order valence-electron chi connectivity index (χ2n) is 16.4. The van der Waals surface area contributed by atoms with E-state index in [0.29, 0.717) is 0 Å². The molecule has 0 aliphatic carbocycles. The van der Waals surface area contributed by atoms with E-state index in [9.17, 15) is 0 Å². The second-order valence-corrected chi connectivity index (χ2v) is 16.4. The lowest BCUT2D eigenvalue weighted by Crippen LogP contribution is -2.61. The SMILES string of the molecule is c1ccc(N2c3cc4c5cccc6c7ccccc7n(c4cc3B3c4ccc7c8cccc9c%10ccccc%10n(c7c4N(c4ccccc4)c4cccc2c43)c98)c65)cc1. The summed E-state index contributed by atoms with van der Waals surface area (Å²) in [6.45, 7) is -0.0243. The third-order valence-corrected chi connectivity index (χ3v) is 13.7. The predicted octanol–water partition coefficient (Wildman–Crippen LogP) is 12.1. The van der Waals surface area contributed by atoms with Crippen molar-refractivity contribution in [2.24, 2.45) is 0 Å². The number of rotatable bonds is 2. The van der Waals surface area contributed by atoms with Crippen LogP contribution in [0.4, 0.5) is 34.1 Å². The lowest BCUT2D eigenvalue weighted by Gasteiger charge is -2.44. The van der Waals surface area contributed by atoms with Gasteiger partial charge in [0, 0.05) is 71.5 Å². The molecule has 4 aromatic heterocycles. The van der Waals surface area contributed by atoms with E-state index in [1.54, 1.807) is 0 Å². The Labute approximate surface area is 338 Å². The van der Waals surface area contributed by atoms with Crippen LogP contribution in [-0.4, -0.2) is 15.5 Å². The summed E-state index contributed by atoms with van der Waals surface area (Å²) in [5.41, 5.74) is 18.8. The van der Waals surface area contributed by atoms with Gasteiger partial charge in [-0.25, -0.2) is 0 Å². The van der Waals surface area contributed by atoms with Crippen LogP contribution in [0.1, 0.15) is 0 Å². The predicted molar refractivity (Wildman–Crippen MR) is 250 cm³/mol. The maximum atomic E-state index is 2.57. The largest absolute Gasteiger partial charge is 0.311 e. The van der Waals surface area contributed by atoms with Gasteiger partial charge in [-0.1, -0.05) is 127 Å². The first-order valence-corrected chi connectivity index (χ1v) is 20.6. The third-order valence-electron chi connectivity index (χ3n) is 13.7. The van der Waals surface area contributed by atoms with Gasteiger partial charge >= 0.3 is 0 Å². The van der Waals surface area contributed by atoms with Gasteiger partial charge in [0.2, 0.25) is 0 Å². The van der Waals surface area contributed by atoms with Crippen LogP contribution in [0.5, 0.6) is 0 Å². The van der Waals surface area contributed by atoms with Crippen molar-refractivity contribution in [3.8, 4) is 0 Å². The molecule has 59 heavy (non-hydrogen) atoms. The minimum Gasteiger partial charge on any atom is -0.311 e.